The summed E-state index contributed by atoms with van der Waals surface area (Å²) in [6, 6.07) is 8.67. The molecule has 5 heteroatoms. The van der Waals surface area contributed by atoms with Crippen molar-refractivity contribution in [2.75, 3.05) is 6.54 Å². The Morgan fingerprint density at radius 3 is 2.47 bits per heavy atom. The van der Waals surface area contributed by atoms with Crippen molar-refractivity contribution in [2.24, 2.45) is 5.92 Å². The van der Waals surface area contributed by atoms with Crippen LogP contribution in [0.15, 0.2) is 30.3 Å². The van der Waals surface area contributed by atoms with Gasteiger partial charge in [-0.2, -0.15) is 0 Å². The van der Waals surface area contributed by atoms with Crippen LogP contribution in [0.5, 0.6) is 0 Å². The molecule has 19 heavy (non-hydrogen) atoms. The van der Waals surface area contributed by atoms with Gasteiger partial charge in [-0.3, -0.25) is 9.59 Å². The van der Waals surface area contributed by atoms with Gasteiger partial charge in [-0.1, -0.05) is 37.3 Å². The summed E-state index contributed by atoms with van der Waals surface area (Å²) in [5.41, 5.74) is 0.540. The average Bonchev–Trinajstić information content (AvgIpc) is 2.42. The second-order valence-electron chi connectivity index (χ2n) is 4.60. The van der Waals surface area contributed by atoms with Crippen LogP contribution in [0.3, 0.4) is 0 Å². The number of amides is 1. The molecule has 0 aliphatic rings. The predicted octanol–water partition coefficient (Wildman–Crippen LogP) is 1.34. The van der Waals surface area contributed by atoms with Crippen LogP contribution in [-0.2, 0) is 9.59 Å². The van der Waals surface area contributed by atoms with Crippen LogP contribution in [0.1, 0.15) is 31.4 Å². The summed E-state index contributed by atoms with van der Waals surface area (Å²) in [7, 11) is 0. The number of hydrogen-bond acceptors (Lipinski definition) is 3. The Bertz CT molecular complexity index is 419. The van der Waals surface area contributed by atoms with Gasteiger partial charge in [0.1, 0.15) is 0 Å². The number of carbonyl (C=O) groups is 2. The van der Waals surface area contributed by atoms with Gasteiger partial charge in [0, 0.05) is 13.0 Å². The first-order chi connectivity index (χ1) is 9.00. The molecule has 1 rings (SSSR count). The second-order valence-corrected chi connectivity index (χ2v) is 4.60. The fourth-order valence-corrected chi connectivity index (χ4v) is 1.63. The maximum Gasteiger partial charge on any atom is 0.303 e. The molecule has 0 aliphatic heterocycles. The summed E-state index contributed by atoms with van der Waals surface area (Å²) in [6.07, 6.45) is -0.608. The summed E-state index contributed by atoms with van der Waals surface area (Å²) in [5, 5.41) is 21.0. The Morgan fingerprint density at radius 1 is 1.26 bits per heavy atom. The van der Waals surface area contributed by atoms with Crippen LogP contribution in [0.2, 0.25) is 0 Å². The molecule has 0 saturated heterocycles. The Labute approximate surface area is 112 Å². The van der Waals surface area contributed by atoms with Gasteiger partial charge in [-0.05, 0) is 17.9 Å². The Balaban J connectivity index is 2.37. The van der Waals surface area contributed by atoms with Crippen LogP contribution in [0.4, 0.5) is 0 Å². The number of rotatable bonds is 7. The SMILES string of the molecule is CC(CCC(=O)O)CNC(=O)C(O)c1ccccc1. The lowest BCUT2D eigenvalue weighted by atomic mass is 10.1. The van der Waals surface area contributed by atoms with Gasteiger partial charge >= 0.3 is 5.97 Å². The minimum Gasteiger partial charge on any atom is -0.481 e. The van der Waals surface area contributed by atoms with Crippen molar-refractivity contribution in [2.45, 2.75) is 25.9 Å². The van der Waals surface area contributed by atoms with Crippen molar-refractivity contribution in [1.29, 1.82) is 0 Å². The van der Waals surface area contributed by atoms with E-state index in [2.05, 4.69) is 5.32 Å². The molecule has 0 fully saturated rings. The van der Waals surface area contributed by atoms with E-state index in [1.54, 1.807) is 24.3 Å². The highest BCUT2D eigenvalue weighted by Gasteiger charge is 2.17. The second kappa shape index (κ2) is 7.53. The molecule has 1 aromatic carbocycles. The number of carboxylic acids is 1. The average molecular weight is 265 g/mol. The van der Waals surface area contributed by atoms with E-state index in [4.69, 9.17) is 5.11 Å². The number of aliphatic hydroxyl groups is 1. The summed E-state index contributed by atoms with van der Waals surface area (Å²) in [5.74, 6) is -1.25. The maximum absolute atomic E-state index is 11.7. The molecule has 0 heterocycles. The van der Waals surface area contributed by atoms with Crippen LogP contribution in [-0.4, -0.2) is 28.6 Å². The van der Waals surface area contributed by atoms with Crippen molar-refractivity contribution in [1.82, 2.24) is 5.32 Å². The van der Waals surface area contributed by atoms with Crippen molar-refractivity contribution in [3.63, 3.8) is 0 Å². The number of aliphatic hydroxyl groups excluding tert-OH is 1. The van der Waals surface area contributed by atoms with Gasteiger partial charge in [0.05, 0.1) is 0 Å². The first-order valence-corrected chi connectivity index (χ1v) is 6.23. The molecule has 0 aromatic heterocycles. The van der Waals surface area contributed by atoms with Gasteiger partial charge in [-0.25, -0.2) is 0 Å². The van der Waals surface area contributed by atoms with Crippen molar-refractivity contribution in [3.05, 3.63) is 35.9 Å². The molecule has 2 unspecified atom stereocenters. The summed E-state index contributed by atoms with van der Waals surface area (Å²) >= 11 is 0. The third kappa shape index (κ3) is 5.52. The third-order valence-corrected chi connectivity index (χ3v) is 2.84. The van der Waals surface area contributed by atoms with E-state index in [1.807, 2.05) is 13.0 Å². The predicted molar refractivity (Wildman–Crippen MR) is 70.4 cm³/mol. The monoisotopic (exact) mass is 265 g/mol. The standard InChI is InChI=1S/C14H19NO4/c1-10(7-8-12(16)17)9-15-14(19)13(18)11-5-3-2-4-6-11/h2-6,10,13,18H,7-9H2,1H3,(H,15,19)(H,16,17). The molecule has 2 atom stereocenters. The molecule has 3 N–H and O–H groups in total. The molecule has 0 aliphatic carbocycles. The molecule has 1 aromatic rings. The van der Waals surface area contributed by atoms with Crippen molar-refractivity contribution >= 4 is 11.9 Å². The summed E-state index contributed by atoms with van der Waals surface area (Å²) in [4.78, 5) is 22.1. The van der Waals surface area contributed by atoms with E-state index in [-0.39, 0.29) is 12.3 Å². The number of nitrogens with one attached hydrogen (secondary N) is 1. The highest BCUT2D eigenvalue weighted by atomic mass is 16.4. The highest BCUT2D eigenvalue weighted by molar-refractivity contribution is 5.81. The maximum atomic E-state index is 11.7. The van der Waals surface area contributed by atoms with Gasteiger partial charge in [0.25, 0.3) is 5.91 Å². The van der Waals surface area contributed by atoms with E-state index in [0.717, 1.165) is 0 Å². The molecule has 0 bridgehead atoms. The zero-order valence-corrected chi connectivity index (χ0v) is 10.9. The van der Waals surface area contributed by atoms with Crippen LogP contribution >= 0.6 is 0 Å². The van der Waals surface area contributed by atoms with Crippen LogP contribution < -0.4 is 5.32 Å². The fraction of sp³-hybridized carbons (Fsp3) is 0.429. The Kier molecular flexibility index (Phi) is 6.02. The van der Waals surface area contributed by atoms with Gasteiger partial charge in [0.2, 0.25) is 0 Å². The topological polar surface area (TPSA) is 86.6 Å². The van der Waals surface area contributed by atoms with Crippen LogP contribution in [0, 0.1) is 5.92 Å². The van der Waals surface area contributed by atoms with E-state index in [1.165, 1.54) is 0 Å². The lowest BCUT2D eigenvalue weighted by Crippen LogP contribution is -2.32. The highest BCUT2D eigenvalue weighted by Crippen LogP contribution is 2.12. The van der Waals surface area contributed by atoms with E-state index >= 15 is 0 Å². The Hall–Kier alpha value is -1.88. The largest absolute Gasteiger partial charge is 0.481 e. The number of benzene rings is 1. The molecule has 0 radical (unpaired) electrons. The summed E-state index contributed by atoms with van der Waals surface area (Å²) < 4.78 is 0. The quantitative estimate of drug-likeness (QED) is 0.694. The van der Waals surface area contributed by atoms with E-state index in [9.17, 15) is 14.7 Å². The molecule has 104 valence electrons. The lowest BCUT2D eigenvalue weighted by Gasteiger charge is -2.14. The smallest absolute Gasteiger partial charge is 0.303 e. The number of carbonyl (C=O) groups excluding carboxylic acids is 1. The zero-order valence-electron chi connectivity index (χ0n) is 10.9. The summed E-state index contributed by atoms with van der Waals surface area (Å²) in [6.45, 7) is 2.22. The fourth-order valence-electron chi connectivity index (χ4n) is 1.63. The third-order valence-electron chi connectivity index (χ3n) is 2.84. The van der Waals surface area contributed by atoms with Gasteiger partial charge < -0.3 is 15.5 Å². The van der Waals surface area contributed by atoms with Crippen LogP contribution in [0.25, 0.3) is 0 Å². The number of aliphatic carboxylic acids is 1. The molecular weight excluding hydrogens is 246 g/mol. The first-order valence-electron chi connectivity index (χ1n) is 6.23. The minimum absolute atomic E-state index is 0.0584. The first kappa shape index (κ1) is 15.2. The van der Waals surface area contributed by atoms with Gasteiger partial charge in [0.15, 0.2) is 6.10 Å². The number of hydrogen-bond donors (Lipinski definition) is 3. The normalized spacial score (nSPS) is 13.6. The molecule has 0 saturated carbocycles. The molecule has 1 amide bonds. The van der Waals surface area contributed by atoms with E-state index < -0.39 is 18.0 Å². The lowest BCUT2D eigenvalue weighted by molar-refractivity contribution is -0.137. The van der Waals surface area contributed by atoms with Crippen molar-refractivity contribution in [3.8, 4) is 0 Å². The van der Waals surface area contributed by atoms with E-state index in [0.29, 0.717) is 18.5 Å². The number of carboxylic acid groups (broad SMARTS) is 1. The van der Waals surface area contributed by atoms with Crippen molar-refractivity contribution < 1.29 is 19.8 Å². The Morgan fingerprint density at radius 2 is 1.89 bits per heavy atom. The zero-order chi connectivity index (χ0) is 14.3. The molecular formula is C14H19NO4. The molecule has 5 nitrogen and oxygen atoms in total. The minimum atomic E-state index is -1.19. The van der Waals surface area contributed by atoms with Gasteiger partial charge in [-0.15, -0.1) is 0 Å². The molecule has 0 spiro atoms.